The first-order valence-electron chi connectivity index (χ1n) is 8.77. The van der Waals surface area contributed by atoms with Gasteiger partial charge in [0.05, 0.1) is 6.04 Å². The molecule has 1 aliphatic carbocycles. The van der Waals surface area contributed by atoms with Gasteiger partial charge < -0.3 is 10.6 Å². The van der Waals surface area contributed by atoms with Gasteiger partial charge in [0.15, 0.2) is 0 Å². The minimum atomic E-state index is -0.227. The number of nitrogens with two attached hydrogens (primary N) is 1. The molecule has 1 atom stereocenters. The van der Waals surface area contributed by atoms with Crippen LogP contribution < -0.4 is 5.73 Å². The maximum atomic E-state index is 12.6. The van der Waals surface area contributed by atoms with Crippen LogP contribution in [0.2, 0.25) is 0 Å². The van der Waals surface area contributed by atoms with E-state index in [0.29, 0.717) is 25.9 Å². The van der Waals surface area contributed by atoms with Crippen molar-refractivity contribution in [3.63, 3.8) is 0 Å². The number of hydrogen-bond acceptors (Lipinski definition) is 3. The summed E-state index contributed by atoms with van der Waals surface area (Å²) >= 11 is 0. The van der Waals surface area contributed by atoms with Crippen molar-refractivity contribution in [2.45, 2.75) is 57.9 Å². The number of carbonyl (C=O) groups is 2. The van der Waals surface area contributed by atoms with Gasteiger partial charge in [0.25, 0.3) is 0 Å². The molecule has 2 rings (SSSR count). The number of rotatable bonds is 5. The third-order valence-electron chi connectivity index (χ3n) is 5.50. The number of nitrogens with zero attached hydrogens (tertiary/aromatic N) is 2. The summed E-state index contributed by atoms with van der Waals surface area (Å²) in [5, 5.41) is 0. The second-order valence-electron chi connectivity index (χ2n) is 7.12. The molecule has 0 bridgehead atoms. The van der Waals surface area contributed by atoms with E-state index >= 15 is 0 Å². The molecule has 2 fully saturated rings. The molecule has 0 aromatic rings. The Kier molecular flexibility index (Phi) is 6.24. The zero-order valence-electron chi connectivity index (χ0n) is 14.1. The summed E-state index contributed by atoms with van der Waals surface area (Å²) in [6, 6.07) is -0.0768. The van der Waals surface area contributed by atoms with Gasteiger partial charge in [-0.2, -0.15) is 0 Å². The van der Waals surface area contributed by atoms with Crippen molar-refractivity contribution >= 4 is 11.8 Å². The van der Waals surface area contributed by atoms with Gasteiger partial charge in [-0.1, -0.05) is 19.3 Å². The number of carbonyl (C=O) groups excluding carboxylic acids is 2. The molecule has 1 saturated heterocycles. The van der Waals surface area contributed by atoms with Crippen molar-refractivity contribution in [1.29, 1.82) is 0 Å². The van der Waals surface area contributed by atoms with E-state index in [2.05, 4.69) is 11.9 Å². The Hall–Kier alpha value is -1.10. The Balaban J connectivity index is 1.79. The molecular formula is C17H31N3O2. The Morgan fingerprint density at radius 2 is 1.73 bits per heavy atom. The lowest BCUT2D eigenvalue weighted by atomic mass is 9.88. The van der Waals surface area contributed by atoms with E-state index in [1.807, 2.05) is 11.8 Å². The van der Waals surface area contributed by atoms with Gasteiger partial charge in [0, 0.05) is 25.6 Å². The second-order valence-corrected chi connectivity index (χ2v) is 7.12. The first-order chi connectivity index (χ1) is 10.5. The fourth-order valence-corrected chi connectivity index (χ4v) is 3.77. The highest BCUT2D eigenvalue weighted by atomic mass is 16.2. The first-order valence-corrected chi connectivity index (χ1v) is 8.77. The molecule has 22 heavy (non-hydrogen) atoms. The first kappa shape index (κ1) is 17.3. The normalized spacial score (nSPS) is 22.8. The van der Waals surface area contributed by atoms with E-state index in [1.54, 1.807) is 0 Å². The average Bonchev–Trinajstić information content (AvgIpc) is 2.54. The summed E-state index contributed by atoms with van der Waals surface area (Å²) in [7, 11) is 2.06. The van der Waals surface area contributed by atoms with Gasteiger partial charge >= 0.3 is 0 Å². The Labute approximate surface area is 134 Å². The summed E-state index contributed by atoms with van der Waals surface area (Å²) in [5.41, 5.74) is 5.35. The smallest absolute Gasteiger partial charge is 0.239 e. The van der Waals surface area contributed by atoms with E-state index in [9.17, 15) is 9.59 Å². The summed E-state index contributed by atoms with van der Waals surface area (Å²) in [6.07, 6.45) is 8.05. The molecule has 2 amide bonds. The van der Waals surface area contributed by atoms with Gasteiger partial charge in [-0.05, 0) is 45.6 Å². The van der Waals surface area contributed by atoms with E-state index in [0.717, 1.165) is 12.5 Å². The van der Waals surface area contributed by atoms with Crippen LogP contribution in [0, 0.1) is 11.8 Å². The van der Waals surface area contributed by atoms with Crippen LogP contribution >= 0.6 is 0 Å². The van der Waals surface area contributed by atoms with Crippen LogP contribution in [0.25, 0.3) is 0 Å². The molecule has 1 heterocycles. The molecule has 1 saturated carbocycles. The fourth-order valence-electron chi connectivity index (χ4n) is 3.77. The molecule has 5 heteroatoms. The molecule has 0 aromatic heterocycles. The largest absolute Gasteiger partial charge is 0.369 e. The minimum Gasteiger partial charge on any atom is -0.369 e. The monoisotopic (exact) mass is 309 g/mol. The summed E-state index contributed by atoms with van der Waals surface area (Å²) in [4.78, 5) is 27.9. The Morgan fingerprint density at radius 3 is 2.27 bits per heavy atom. The molecular weight excluding hydrogens is 278 g/mol. The molecule has 5 nitrogen and oxygen atoms in total. The highest BCUT2D eigenvalue weighted by molar-refractivity contribution is 5.82. The Bertz CT molecular complexity index is 385. The van der Waals surface area contributed by atoms with E-state index in [-0.39, 0.29) is 23.8 Å². The van der Waals surface area contributed by atoms with Crippen LogP contribution in [-0.2, 0) is 9.59 Å². The van der Waals surface area contributed by atoms with Crippen molar-refractivity contribution < 1.29 is 9.59 Å². The number of primary amides is 1. The van der Waals surface area contributed by atoms with Crippen molar-refractivity contribution in [2.75, 3.05) is 26.7 Å². The lowest BCUT2D eigenvalue weighted by Crippen LogP contribution is -2.50. The summed E-state index contributed by atoms with van der Waals surface area (Å²) in [5.74, 6) is 0.657. The van der Waals surface area contributed by atoms with Crippen LogP contribution in [0.3, 0.4) is 0 Å². The molecule has 0 unspecified atom stereocenters. The standard InChI is InChI=1S/C17H31N3O2/c1-13(19(2)12-14-6-4-3-5-7-14)17(22)20-10-8-15(9-11-20)16(18)21/h13-15H,3-12H2,1-2H3,(H2,18,21)/t13-/m0/s1. The van der Waals surface area contributed by atoms with Crippen LogP contribution in [0.5, 0.6) is 0 Å². The number of likely N-dealkylation sites (tertiary alicyclic amines) is 1. The molecule has 2 aliphatic rings. The number of likely N-dealkylation sites (N-methyl/N-ethyl adjacent to an activating group) is 1. The molecule has 1 aliphatic heterocycles. The summed E-state index contributed by atoms with van der Waals surface area (Å²) < 4.78 is 0. The topological polar surface area (TPSA) is 66.6 Å². The van der Waals surface area contributed by atoms with Gasteiger partial charge in [-0.15, -0.1) is 0 Å². The van der Waals surface area contributed by atoms with Gasteiger partial charge in [0.2, 0.25) is 11.8 Å². The summed E-state index contributed by atoms with van der Waals surface area (Å²) in [6.45, 7) is 4.35. The number of amides is 2. The van der Waals surface area contributed by atoms with E-state index in [4.69, 9.17) is 5.73 Å². The van der Waals surface area contributed by atoms with Gasteiger partial charge in [-0.25, -0.2) is 0 Å². The van der Waals surface area contributed by atoms with Gasteiger partial charge in [-0.3, -0.25) is 14.5 Å². The third kappa shape index (κ3) is 4.45. The van der Waals surface area contributed by atoms with Crippen molar-refractivity contribution in [3.8, 4) is 0 Å². The lowest BCUT2D eigenvalue weighted by Gasteiger charge is -2.36. The lowest BCUT2D eigenvalue weighted by molar-refractivity contribution is -0.139. The number of piperidine rings is 1. The highest BCUT2D eigenvalue weighted by Crippen LogP contribution is 2.25. The van der Waals surface area contributed by atoms with Crippen molar-refractivity contribution in [3.05, 3.63) is 0 Å². The average molecular weight is 309 g/mol. The predicted octanol–water partition coefficient (Wildman–Crippen LogP) is 1.61. The van der Waals surface area contributed by atoms with E-state index in [1.165, 1.54) is 32.1 Å². The van der Waals surface area contributed by atoms with Gasteiger partial charge in [0.1, 0.15) is 0 Å². The quantitative estimate of drug-likeness (QED) is 0.839. The maximum absolute atomic E-state index is 12.6. The molecule has 126 valence electrons. The van der Waals surface area contributed by atoms with Crippen LogP contribution in [0.4, 0.5) is 0 Å². The molecule has 2 N–H and O–H groups in total. The highest BCUT2D eigenvalue weighted by Gasteiger charge is 2.30. The van der Waals surface area contributed by atoms with Crippen LogP contribution in [-0.4, -0.2) is 54.3 Å². The molecule has 0 radical (unpaired) electrons. The van der Waals surface area contributed by atoms with Crippen molar-refractivity contribution in [1.82, 2.24) is 9.80 Å². The fraction of sp³-hybridized carbons (Fsp3) is 0.882. The molecule has 0 aromatic carbocycles. The maximum Gasteiger partial charge on any atom is 0.239 e. The zero-order chi connectivity index (χ0) is 16.1. The van der Waals surface area contributed by atoms with Crippen molar-refractivity contribution in [2.24, 2.45) is 17.6 Å². The zero-order valence-corrected chi connectivity index (χ0v) is 14.1. The van der Waals surface area contributed by atoms with E-state index < -0.39 is 0 Å². The predicted molar refractivity (Wildman–Crippen MR) is 87.2 cm³/mol. The minimum absolute atomic E-state index is 0.0562. The van der Waals surface area contributed by atoms with Crippen LogP contribution in [0.15, 0.2) is 0 Å². The molecule has 0 spiro atoms. The number of hydrogen-bond donors (Lipinski definition) is 1. The SMILES string of the molecule is C[C@@H](C(=O)N1CCC(C(N)=O)CC1)N(C)CC1CCCCC1. The second kappa shape index (κ2) is 7.95. The third-order valence-corrected chi connectivity index (χ3v) is 5.50. The van der Waals surface area contributed by atoms with Crippen LogP contribution in [0.1, 0.15) is 51.9 Å². The Morgan fingerprint density at radius 1 is 1.14 bits per heavy atom.